The van der Waals surface area contributed by atoms with Gasteiger partial charge in [0.2, 0.25) is 0 Å². The second kappa shape index (κ2) is 6.16. The maximum atomic E-state index is 12.0. The third-order valence-electron chi connectivity index (χ3n) is 3.30. The zero-order valence-corrected chi connectivity index (χ0v) is 13.9. The minimum absolute atomic E-state index is 0.386. The van der Waals surface area contributed by atoms with E-state index in [1.54, 1.807) is 45.9 Å². The highest BCUT2D eigenvalue weighted by Crippen LogP contribution is 2.28. The van der Waals surface area contributed by atoms with E-state index in [2.05, 4.69) is 5.32 Å². The molecule has 1 aromatic carbocycles. The number of cyclic esters (lactones) is 1. The molecular formula is C16H20ClNO4. The van der Waals surface area contributed by atoms with Crippen molar-refractivity contribution in [1.82, 2.24) is 5.32 Å². The van der Waals surface area contributed by atoms with E-state index in [9.17, 15) is 9.59 Å². The fraction of sp³-hybridized carbons (Fsp3) is 0.500. The van der Waals surface area contributed by atoms with Gasteiger partial charge >= 0.3 is 12.1 Å². The van der Waals surface area contributed by atoms with Crippen molar-refractivity contribution in [3.8, 4) is 0 Å². The van der Waals surface area contributed by atoms with Crippen LogP contribution in [0.15, 0.2) is 18.2 Å². The molecule has 1 aliphatic rings. The lowest BCUT2D eigenvalue weighted by Gasteiger charge is -2.30. The molecule has 1 amide bonds. The van der Waals surface area contributed by atoms with Gasteiger partial charge in [-0.3, -0.25) is 0 Å². The van der Waals surface area contributed by atoms with Crippen molar-refractivity contribution in [2.45, 2.75) is 51.9 Å². The molecule has 1 aromatic rings. The van der Waals surface area contributed by atoms with Gasteiger partial charge in [0.05, 0.1) is 11.6 Å². The summed E-state index contributed by atoms with van der Waals surface area (Å²) in [6, 6.07) is 4.75. The number of carbonyl (C=O) groups is 2. The summed E-state index contributed by atoms with van der Waals surface area (Å²) in [6.45, 7) is 7.12. The monoisotopic (exact) mass is 325 g/mol. The highest BCUT2D eigenvalue weighted by Gasteiger charge is 2.32. The van der Waals surface area contributed by atoms with Gasteiger partial charge in [0.15, 0.2) is 0 Å². The van der Waals surface area contributed by atoms with E-state index in [0.29, 0.717) is 17.0 Å². The number of rotatable bonds is 2. The first-order valence-corrected chi connectivity index (χ1v) is 7.53. The molecule has 6 heteroatoms. The van der Waals surface area contributed by atoms with E-state index in [1.165, 1.54) is 0 Å². The van der Waals surface area contributed by atoms with Crippen molar-refractivity contribution < 1.29 is 19.1 Å². The second-order valence-corrected chi connectivity index (χ2v) is 6.76. The van der Waals surface area contributed by atoms with Crippen LogP contribution in [0.25, 0.3) is 0 Å². The molecule has 120 valence electrons. The molecule has 2 atom stereocenters. The van der Waals surface area contributed by atoms with Gasteiger partial charge in [-0.2, -0.15) is 0 Å². The average Bonchev–Trinajstić information content (AvgIpc) is 2.37. The minimum Gasteiger partial charge on any atom is -0.456 e. The quantitative estimate of drug-likeness (QED) is 0.847. The van der Waals surface area contributed by atoms with Gasteiger partial charge in [0.1, 0.15) is 11.7 Å². The van der Waals surface area contributed by atoms with Crippen molar-refractivity contribution in [2.75, 3.05) is 0 Å². The van der Waals surface area contributed by atoms with Gasteiger partial charge in [-0.1, -0.05) is 17.7 Å². The zero-order chi connectivity index (χ0) is 16.5. The Labute approximate surface area is 134 Å². The fourth-order valence-electron chi connectivity index (χ4n) is 2.27. The predicted molar refractivity (Wildman–Crippen MR) is 83.2 cm³/mol. The van der Waals surface area contributed by atoms with Crippen LogP contribution >= 0.6 is 11.6 Å². The van der Waals surface area contributed by atoms with E-state index in [1.807, 2.05) is 0 Å². The lowest BCUT2D eigenvalue weighted by molar-refractivity contribution is 0.0119. The van der Waals surface area contributed by atoms with Crippen LogP contribution in [0.4, 0.5) is 4.79 Å². The second-order valence-electron chi connectivity index (χ2n) is 6.35. The van der Waals surface area contributed by atoms with Crippen molar-refractivity contribution in [3.05, 3.63) is 34.3 Å². The van der Waals surface area contributed by atoms with E-state index in [0.717, 1.165) is 5.56 Å². The molecule has 0 fully saturated rings. The van der Waals surface area contributed by atoms with Crippen LogP contribution in [-0.4, -0.2) is 29.8 Å². The normalized spacial score (nSPS) is 19.0. The fourth-order valence-corrected chi connectivity index (χ4v) is 2.52. The molecule has 22 heavy (non-hydrogen) atoms. The van der Waals surface area contributed by atoms with Crippen LogP contribution in [0, 0.1) is 0 Å². The summed E-state index contributed by atoms with van der Waals surface area (Å²) in [6.07, 6.45) is -0.564. The van der Waals surface area contributed by atoms with Gasteiger partial charge in [0, 0.05) is 11.4 Å². The largest absolute Gasteiger partial charge is 0.456 e. The van der Waals surface area contributed by atoms with Crippen molar-refractivity contribution >= 4 is 23.7 Å². The molecule has 1 N–H and O–H groups in total. The Morgan fingerprint density at radius 3 is 2.77 bits per heavy atom. The molecule has 0 saturated heterocycles. The first-order chi connectivity index (χ1) is 10.2. The summed E-state index contributed by atoms with van der Waals surface area (Å²) >= 11 is 6.15. The van der Waals surface area contributed by atoms with E-state index < -0.39 is 23.8 Å². The summed E-state index contributed by atoms with van der Waals surface area (Å²) in [7, 11) is 0. The number of esters is 1. The smallest absolute Gasteiger partial charge is 0.407 e. The highest BCUT2D eigenvalue weighted by atomic mass is 35.5. The van der Waals surface area contributed by atoms with Crippen LogP contribution in [0.3, 0.4) is 0 Å². The van der Waals surface area contributed by atoms with Gasteiger partial charge in [-0.25, -0.2) is 9.59 Å². The molecule has 0 aliphatic carbocycles. The molecule has 0 bridgehead atoms. The van der Waals surface area contributed by atoms with Gasteiger partial charge in [0.25, 0.3) is 0 Å². The number of hydrogen-bond donors (Lipinski definition) is 1. The number of hydrogen-bond acceptors (Lipinski definition) is 4. The predicted octanol–water partition coefficient (Wildman–Crippen LogP) is 3.33. The molecule has 2 rings (SSSR count). The third kappa shape index (κ3) is 3.91. The number of ether oxygens (including phenoxy) is 2. The van der Waals surface area contributed by atoms with Crippen LogP contribution < -0.4 is 5.32 Å². The Hall–Kier alpha value is -1.75. The number of fused-ring (bicyclic) bond motifs is 1. The van der Waals surface area contributed by atoms with E-state index in [4.69, 9.17) is 21.1 Å². The van der Waals surface area contributed by atoms with Crippen LogP contribution in [0.2, 0.25) is 5.02 Å². The first-order valence-electron chi connectivity index (χ1n) is 7.15. The number of alkyl carbamates (subject to hydrolysis) is 1. The van der Waals surface area contributed by atoms with Crippen molar-refractivity contribution in [3.63, 3.8) is 0 Å². The third-order valence-corrected chi connectivity index (χ3v) is 3.66. The number of halogens is 1. The number of benzene rings is 1. The number of carbonyl (C=O) groups excluding carboxylic acids is 2. The van der Waals surface area contributed by atoms with Gasteiger partial charge < -0.3 is 14.8 Å². The first kappa shape index (κ1) is 16.6. The van der Waals surface area contributed by atoms with E-state index >= 15 is 0 Å². The molecular weight excluding hydrogens is 306 g/mol. The molecule has 0 radical (unpaired) electrons. The van der Waals surface area contributed by atoms with Crippen LogP contribution in [0.1, 0.15) is 43.6 Å². The average molecular weight is 326 g/mol. The minimum atomic E-state index is -0.580. The Balaban J connectivity index is 2.07. The molecule has 5 nitrogen and oxygen atoms in total. The standard InChI is InChI=1S/C16H20ClNO4/c1-9(18-15(20)22-16(2,3)4)13-8-11-10(14(19)21-13)6-5-7-12(11)17/h5-7,9,13H,8H2,1-4H3,(H,18,20). The number of nitrogens with one attached hydrogen (secondary N) is 1. The summed E-state index contributed by atoms with van der Waals surface area (Å²) in [5, 5.41) is 3.23. The maximum absolute atomic E-state index is 12.0. The molecule has 0 saturated carbocycles. The Morgan fingerprint density at radius 2 is 2.14 bits per heavy atom. The molecule has 1 aliphatic heterocycles. The number of amides is 1. The van der Waals surface area contributed by atoms with Crippen molar-refractivity contribution in [2.24, 2.45) is 0 Å². The Morgan fingerprint density at radius 1 is 1.45 bits per heavy atom. The Bertz CT molecular complexity index is 594. The summed E-state index contributed by atoms with van der Waals surface area (Å²) in [5.41, 5.74) is 0.652. The van der Waals surface area contributed by atoms with Crippen molar-refractivity contribution in [1.29, 1.82) is 0 Å². The van der Waals surface area contributed by atoms with Crippen LogP contribution in [0.5, 0.6) is 0 Å². The van der Waals surface area contributed by atoms with Gasteiger partial charge in [-0.05, 0) is 45.4 Å². The summed E-state index contributed by atoms with van der Waals surface area (Å²) in [5.74, 6) is -0.424. The Kier molecular flexibility index (Phi) is 4.66. The molecule has 1 heterocycles. The lowest BCUT2D eigenvalue weighted by atomic mass is 9.95. The highest BCUT2D eigenvalue weighted by molar-refractivity contribution is 6.31. The maximum Gasteiger partial charge on any atom is 0.407 e. The lowest BCUT2D eigenvalue weighted by Crippen LogP contribution is -2.47. The summed E-state index contributed by atoms with van der Waals surface area (Å²) in [4.78, 5) is 23.8. The topological polar surface area (TPSA) is 64.6 Å². The molecule has 0 spiro atoms. The van der Waals surface area contributed by atoms with Crippen LogP contribution in [-0.2, 0) is 15.9 Å². The molecule has 2 unspecified atom stereocenters. The SMILES string of the molecule is CC(NC(=O)OC(C)(C)C)C1Cc2c(Cl)cccc2C(=O)O1. The van der Waals surface area contributed by atoms with E-state index in [-0.39, 0.29) is 6.04 Å². The molecule has 0 aromatic heterocycles. The summed E-state index contributed by atoms with van der Waals surface area (Å²) < 4.78 is 10.6. The van der Waals surface area contributed by atoms with Gasteiger partial charge in [-0.15, -0.1) is 0 Å². The zero-order valence-electron chi connectivity index (χ0n) is 13.1.